The Bertz CT molecular complexity index is 650. The van der Waals surface area contributed by atoms with Crippen molar-refractivity contribution in [1.82, 2.24) is 10.3 Å². The lowest BCUT2D eigenvalue weighted by Crippen LogP contribution is -2.25. The van der Waals surface area contributed by atoms with E-state index in [2.05, 4.69) is 16.2 Å². The Morgan fingerprint density at radius 2 is 2.05 bits per heavy atom. The maximum Gasteiger partial charge on any atom is 0.226 e. The molecule has 2 rings (SSSR count). The number of benzene rings is 1. The van der Waals surface area contributed by atoms with Gasteiger partial charge in [-0.15, -0.1) is 17.8 Å². The van der Waals surface area contributed by atoms with Crippen LogP contribution >= 0.6 is 11.3 Å². The van der Waals surface area contributed by atoms with E-state index in [1.165, 1.54) is 5.56 Å². The van der Waals surface area contributed by atoms with Crippen LogP contribution in [0, 0.1) is 26.2 Å². The quantitative estimate of drug-likeness (QED) is 0.877. The van der Waals surface area contributed by atoms with Crippen LogP contribution in [0.15, 0.2) is 24.3 Å². The second-order valence-corrected chi connectivity index (χ2v) is 5.82. The van der Waals surface area contributed by atoms with Gasteiger partial charge in [0.2, 0.25) is 5.91 Å². The van der Waals surface area contributed by atoms with Gasteiger partial charge >= 0.3 is 0 Å². The number of hydrogen-bond acceptors (Lipinski definition) is 3. The van der Waals surface area contributed by atoms with Gasteiger partial charge in [0, 0.05) is 10.4 Å². The molecule has 0 atom stereocenters. The Morgan fingerprint density at radius 1 is 1.35 bits per heavy atom. The molecule has 0 aliphatic rings. The minimum absolute atomic E-state index is 0.0695. The monoisotopic (exact) mass is 284 g/mol. The van der Waals surface area contributed by atoms with Crippen LogP contribution in [0.4, 0.5) is 0 Å². The minimum atomic E-state index is -0.0695. The third-order valence-electron chi connectivity index (χ3n) is 2.84. The number of rotatable bonds is 4. The summed E-state index contributed by atoms with van der Waals surface area (Å²) in [5, 5.41) is 3.64. The standard InChI is InChI=1S/C16H16N2OS/c1-4-9-17-15(19)10-14-16(18-12(3)20-14)13-7-5-11(2)6-8-13/h1,5-8H,9-10H2,2-3H3,(H,17,19). The molecular formula is C16H16N2OS. The fourth-order valence-corrected chi connectivity index (χ4v) is 2.84. The molecule has 0 unspecified atom stereocenters. The number of aromatic nitrogens is 1. The summed E-state index contributed by atoms with van der Waals surface area (Å²) in [6.45, 7) is 4.26. The predicted octanol–water partition coefficient (Wildman–Crippen LogP) is 2.72. The molecule has 1 aromatic heterocycles. The van der Waals surface area contributed by atoms with Crippen molar-refractivity contribution in [2.24, 2.45) is 0 Å². The molecule has 1 aromatic carbocycles. The van der Waals surface area contributed by atoms with E-state index in [9.17, 15) is 4.79 Å². The normalized spacial score (nSPS) is 10.1. The van der Waals surface area contributed by atoms with Gasteiger partial charge in [0.15, 0.2) is 0 Å². The van der Waals surface area contributed by atoms with Crippen molar-refractivity contribution in [3.05, 3.63) is 39.7 Å². The number of hydrogen-bond donors (Lipinski definition) is 1. The lowest BCUT2D eigenvalue weighted by molar-refractivity contribution is -0.120. The van der Waals surface area contributed by atoms with Gasteiger partial charge in [-0.3, -0.25) is 4.79 Å². The molecule has 3 nitrogen and oxygen atoms in total. The van der Waals surface area contributed by atoms with Gasteiger partial charge < -0.3 is 5.32 Å². The fraction of sp³-hybridized carbons (Fsp3) is 0.250. The summed E-state index contributed by atoms with van der Waals surface area (Å²) in [6.07, 6.45) is 5.45. The highest BCUT2D eigenvalue weighted by atomic mass is 32.1. The van der Waals surface area contributed by atoms with E-state index in [4.69, 9.17) is 6.42 Å². The van der Waals surface area contributed by atoms with E-state index < -0.39 is 0 Å². The van der Waals surface area contributed by atoms with Crippen LogP contribution in [-0.4, -0.2) is 17.4 Å². The second-order valence-electron chi connectivity index (χ2n) is 4.53. The van der Waals surface area contributed by atoms with Gasteiger partial charge in [-0.1, -0.05) is 35.7 Å². The molecule has 1 amide bonds. The largest absolute Gasteiger partial charge is 0.345 e. The van der Waals surface area contributed by atoms with Crippen molar-refractivity contribution in [2.75, 3.05) is 6.54 Å². The smallest absolute Gasteiger partial charge is 0.226 e. The molecule has 20 heavy (non-hydrogen) atoms. The molecule has 0 saturated carbocycles. The first-order chi connectivity index (χ1) is 9.60. The molecule has 2 aromatic rings. The van der Waals surface area contributed by atoms with Gasteiger partial charge in [0.05, 0.1) is 23.7 Å². The van der Waals surface area contributed by atoms with E-state index in [0.717, 1.165) is 21.1 Å². The van der Waals surface area contributed by atoms with Crippen molar-refractivity contribution in [2.45, 2.75) is 20.3 Å². The van der Waals surface area contributed by atoms with Gasteiger partial charge in [-0.25, -0.2) is 4.98 Å². The molecule has 0 bridgehead atoms. The minimum Gasteiger partial charge on any atom is -0.345 e. The zero-order chi connectivity index (χ0) is 14.5. The second kappa shape index (κ2) is 6.36. The van der Waals surface area contributed by atoms with E-state index in [-0.39, 0.29) is 12.5 Å². The van der Waals surface area contributed by atoms with Gasteiger partial charge in [-0.05, 0) is 13.8 Å². The Morgan fingerprint density at radius 3 is 2.70 bits per heavy atom. The van der Waals surface area contributed by atoms with Crippen molar-refractivity contribution < 1.29 is 4.79 Å². The Kier molecular flexibility index (Phi) is 4.54. The fourth-order valence-electron chi connectivity index (χ4n) is 1.88. The first-order valence-electron chi connectivity index (χ1n) is 6.33. The van der Waals surface area contributed by atoms with Crippen molar-refractivity contribution in [1.29, 1.82) is 0 Å². The summed E-state index contributed by atoms with van der Waals surface area (Å²) in [6, 6.07) is 8.16. The zero-order valence-corrected chi connectivity index (χ0v) is 12.4. The zero-order valence-electron chi connectivity index (χ0n) is 11.6. The van der Waals surface area contributed by atoms with E-state index in [0.29, 0.717) is 6.42 Å². The first-order valence-corrected chi connectivity index (χ1v) is 7.15. The van der Waals surface area contributed by atoms with Crippen LogP contribution in [0.2, 0.25) is 0 Å². The summed E-state index contributed by atoms with van der Waals surface area (Å²) in [4.78, 5) is 17.3. The van der Waals surface area contributed by atoms with Crippen molar-refractivity contribution >= 4 is 17.2 Å². The summed E-state index contributed by atoms with van der Waals surface area (Å²) >= 11 is 1.55. The molecule has 0 aliphatic carbocycles. The molecule has 0 saturated heterocycles. The van der Waals surface area contributed by atoms with Gasteiger partial charge in [-0.2, -0.15) is 0 Å². The lowest BCUT2D eigenvalue weighted by Gasteiger charge is -2.03. The van der Waals surface area contributed by atoms with Crippen LogP contribution in [-0.2, 0) is 11.2 Å². The molecule has 0 spiro atoms. The third-order valence-corrected chi connectivity index (χ3v) is 3.81. The summed E-state index contributed by atoms with van der Waals surface area (Å²) in [5.74, 6) is 2.33. The van der Waals surface area contributed by atoms with Crippen molar-refractivity contribution in [3.8, 4) is 23.6 Å². The summed E-state index contributed by atoms with van der Waals surface area (Å²) in [7, 11) is 0. The highest BCUT2D eigenvalue weighted by Gasteiger charge is 2.14. The molecule has 4 heteroatoms. The van der Waals surface area contributed by atoms with E-state index in [1.807, 2.05) is 38.1 Å². The van der Waals surface area contributed by atoms with Crippen LogP contribution < -0.4 is 5.32 Å². The average molecular weight is 284 g/mol. The maximum atomic E-state index is 11.8. The lowest BCUT2D eigenvalue weighted by atomic mass is 10.1. The number of carbonyl (C=O) groups excluding carboxylic acids is 1. The predicted molar refractivity (Wildman–Crippen MR) is 82.6 cm³/mol. The van der Waals surface area contributed by atoms with Crippen LogP contribution in [0.25, 0.3) is 11.3 Å². The first kappa shape index (κ1) is 14.3. The number of nitrogens with one attached hydrogen (secondary N) is 1. The molecule has 0 fully saturated rings. The summed E-state index contributed by atoms with van der Waals surface area (Å²) < 4.78 is 0. The highest BCUT2D eigenvalue weighted by Crippen LogP contribution is 2.28. The molecule has 1 N–H and O–H groups in total. The van der Waals surface area contributed by atoms with Gasteiger partial charge in [0.25, 0.3) is 0 Å². The number of aryl methyl sites for hydroxylation is 2. The van der Waals surface area contributed by atoms with E-state index in [1.54, 1.807) is 11.3 Å². The number of terminal acetylenes is 1. The number of thiazole rings is 1. The number of nitrogens with zero attached hydrogens (tertiary/aromatic N) is 1. The van der Waals surface area contributed by atoms with Gasteiger partial charge in [0.1, 0.15) is 0 Å². The molecule has 0 aliphatic heterocycles. The maximum absolute atomic E-state index is 11.8. The third kappa shape index (κ3) is 3.46. The highest BCUT2D eigenvalue weighted by molar-refractivity contribution is 7.12. The Hall–Kier alpha value is -2.12. The molecule has 0 radical (unpaired) electrons. The van der Waals surface area contributed by atoms with E-state index >= 15 is 0 Å². The molecule has 102 valence electrons. The van der Waals surface area contributed by atoms with Crippen molar-refractivity contribution in [3.63, 3.8) is 0 Å². The number of carbonyl (C=O) groups is 1. The Labute approximate surface area is 123 Å². The average Bonchev–Trinajstić information content (AvgIpc) is 2.78. The number of amides is 1. The SMILES string of the molecule is C#CCNC(=O)Cc1sc(C)nc1-c1ccc(C)cc1. The van der Waals surface area contributed by atoms with Crippen LogP contribution in [0.1, 0.15) is 15.4 Å². The molecule has 1 heterocycles. The topological polar surface area (TPSA) is 42.0 Å². The Balaban J connectivity index is 2.24. The van der Waals surface area contributed by atoms with Crippen LogP contribution in [0.3, 0.4) is 0 Å². The summed E-state index contributed by atoms with van der Waals surface area (Å²) in [5.41, 5.74) is 3.14. The molecular weight excluding hydrogens is 268 g/mol. The van der Waals surface area contributed by atoms with Crippen LogP contribution in [0.5, 0.6) is 0 Å².